The molecule has 0 aliphatic carbocycles. The normalized spacial score (nSPS) is 9.50. The van der Waals surface area contributed by atoms with E-state index in [4.69, 9.17) is 11.2 Å². The highest BCUT2D eigenvalue weighted by Crippen LogP contribution is 2.12. The Labute approximate surface area is 103 Å². The second-order valence-electron chi connectivity index (χ2n) is 3.31. The number of hydrogen-bond acceptors (Lipinski definition) is 4. The van der Waals surface area contributed by atoms with E-state index in [9.17, 15) is 4.79 Å². The van der Waals surface area contributed by atoms with E-state index in [0.29, 0.717) is 17.3 Å². The van der Waals surface area contributed by atoms with Gasteiger partial charge < -0.3 is 4.74 Å². The van der Waals surface area contributed by atoms with Crippen molar-refractivity contribution in [3.8, 4) is 18.1 Å². The number of ether oxygens (including phenoxy) is 1. The van der Waals surface area contributed by atoms with Crippen molar-refractivity contribution in [2.24, 2.45) is 0 Å². The van der Waals surface area contributed by atoms with Gasteiger partial charge in [0, 0.05) is 5.56 Å². The minimum atomic E-state index is -0.282. The van der Waals surface area contributed by atoms with E-state index in [1.165, 1.54) is 6.33 Å². The Morgan fingerprint density at radius 2 is 2.22 bits per heavy atom. The molecule has 2 rings (SSSR count). The molecule has 0 aliphatic heterocycles. The highest BCUT2D eigenvalue weighted by Gasteiger charge is 2.07. The molecule has 0 saturated heterocycles. The van der Waals surface area contributed by atoms with Gasteiger partial charge in [0.1, 0.15) is 18.7 Å². The van der Waals surface area contributed by atoms with Gasteiger partial charge in [-0.05, 0) is 24.3 Å². The fourth-order valence-electron chi connectivity index (χ4n) is 1.27. The number of nitrogens with one attached hydrogen (secondary N) is 2. The molecule has 1 aromatic carbocycles. The summed E-state index contributed by atoms with van der Waals surface area (Å²) in [7, 11) is 0. The molecule has 0 atom stereocenters. The average molecular weight is 242 g/mol. The summed E-state index contributed by atoms with van der Waals surface area (Å²) in [4.78, 5) is 15.6. The van der Waals surface area contributed by atoms with Gasteiger partial charge in [0.05, 0.1) is 0 Å². The van der Waals surface area contributed by atoms with E-state index in [0.717, 1.165) is 0 Å². The van der Waals surface area contributed by atoms with E-state index < -0.39 is 0 Å². The average Bonchev–Trinajstić information content (AvgIpc) is 2.89. The number of anilines is 1. The van der Waals surface area contributed by atoms with Gasteiger partial charge in [-0.2, -0.15) is 10.1 Å². The Balaban J connectivity index is 2.01. The van der Waals surface area contributed by atoms with Crippen LogP contribution in [0, 0.1) is 12.3 Å². The predicted octanol–water partition coefficient (Wildman–Crippen LogP) is 1.07. The molecule has 0 radical (unpaired) electrons. The van der Waals surface area contributed by atoms with Crippen LogP contribution in [0.15, 0.2) is 30.6 Å². The lowest BCUT2D eigenvalue weighted by atomic mass is 10.2. The number of H-pyrrole nitrogens is 1. The number of nitrogens with zero attached hydrogens (tertiary/aromatic N) is 2. The van der Waals surface area contributed by atoms with Crippen molar-refractivity contribution in [3.05, 3.63) is 36.2 Å². The number of amides is 1. The van der Waals surface area contributed by atoms with Crippen LogP contribution in [-0.4, -0.2) is 27.7 Å². The predicted molar refractivity (Wildman–Crippen MR) is 65.1 cm³/mol. The molecule has 6 nitrogen and oxygen atoms in total. The molecule has 0 spiro atoms. The van der Waals surface area contributed by atoms with Gasteiger partial charge in [0.25, 0.3) is 5.91 Å². The molecular formula is C12H10N4O2. The van der Waals surface area contributed by atoms with E-state index in [1.807, 2.05) is 0 Å². The van der Waals surface area contributed by atoms with Crippen LogP contribution in [0.4, 0.5) is 5.95 Å². The summed E-state index contributed by atoms with van der Waals surface area (Å²) in [6, 6.07) is 6.62. The van der Waals surface area contributed by atoms with E-state index in [2.05, 4.69) is 26.4 Å². The van der Waals surface area contributed by atoms with Crippen LogP contribution >= 0.6 is 0 Å². The smallest absolute Gasteiger partial charge is 0.258 e. The highest BCUT2D eigenvalue weighted by atomic mass is 16.5. The van der Waals surface area contributed by atoms with Crippen LogP contribution in [0.2, 0.25) is 0 Å². The molecule has 0 aliphatic rings. The van der Waals surface area contributed by atoms with E-state index in [1.54, 1.807) is 24.3 Å². The summed E-state index contributed by atoms with van der Waals surface area (Å²) in [5, 5.41) is 8.72. The molecular weight excluding hydrogens is 232 g/mol. The largest absolute Gasteiger partial charge is 0.481 e. The first kappa shape index (κ1) is 11.7. The Hall–Kier alpha value is -2.81. The molecule has 0 unspecified atom stereocenters. The van der Waals surface area contributed by atoms with Crippen molar-refractivity contribution >= 4 is 11.9 Å². The third-order valence-corrected chi connectivity index (χ3v) is 2.09. The SMILES string of the molecule is C#CCOc1ccc(C(=O)Nc2ncn[nH]2)cc1. The molecule has 0 bridgehead atoms. The first-order valence-electron chi connectivity index (χ1n) is 5.12. The summed E-state index contributed by atoms with van der Waals surface area (Å²) < 4.78 is 5.20. The number of terminal acetylenes is 1. The summed E-state index contributed by atoms with van der Waals surface area (Å²) >= 11 is 0. The quantitative estimate of drug-likeness (QED) is 0.786. The van der Waals surface area contributed by atoms with Gasteiger partial charge in [0.2, 0.25) is 5.95 Å². The van der Waals surface area contributed by atoms with E-state index in [-0.39, 0.29) is 12.5 Å². The van der Waals surface area contributed by atoms with Crippen LogP contribution < -0.4 is 10.1 Å². The maximum Gasteiger partial charge on any atom is 0.258 e. The van der Waals surface area contributed by atoms with Crippen molar-refractivity contribution in [1.82, 2.24) is 15.2 Å². The topological polar surface area (TPSA) is 79.9 Å². The summed E-state index contributed by atoms with van der Waals surface area (Å²) in [5.41, 5.74) is 0.486. The minimum absolute atomic E-state index is 0.198. The first-order chi connectivity index (χ1) is 8.79. The lowest BCUT2D eigenvalue weighted by molar-refractivity contribution is 0.102. The molecule has 0 saturated carbocycles. The molecule has 1 aromatic heterocycles. The van der Waals surface area contributed by atoms with Crippen molar-refractivity contribution in [1.29, 1.82) is 0 Å². The molecule has 18 heavy (non-hydrogen) atoms. The Kier molecular flexibility index (Phi) is 3.56. The maximum atomic E-state index is 11.8. The van der Waals surface area contributed by atoms with Gasteiger partial charge in [-0.15, -0.1) is 6.42 Å². The Morgan fingerprint density at radius 1 is 1.44 bits per heavy atom. The number of aromatic amines is 1. The number of carbonyl (C=O) groups excluding carboxylic acids is 1. The van der Waals surface area contributed by atoms with Crippen LogP contribution in [-0.2, 0) is 0 Å². The lowest BCUT2D eigenvalue weighted by Crippen LogP contribution is -2.12. The standard InChI is InChI=1S/C12H10N4O2/c1-2-7-18-10-5-3-9(4-6-10)11(17)15-12-13-8-14-16-12/h1,3-6,8H,7H2,(H2,13,14,15,16,17). The fraction of sp³-hybridized carbons (Fsp3) is 0.0833. The molecule has 90 valence electrons. The van der Waals surface area contributed by atoms with Gasteiger partial charge in [-0.1, -0.05) is 5.92 Å². The second kappa shape index (κ2) is 5.50. The molecule has 6 heteroatoms. The van der Waals surface area contributed by atoms with Gasteiger partial charge in [-0.25, -0.2) is 5.10 Å². The van der Waals surface area contributed by atoms with Crippen LogP contribution in [0.5, 0.6) is 5.75 Å². The zero-order chi connectivity index (χ0) is 12.8. The molecule has 2 aromatic rings. The van der Waals surface area contributed by atoms with Gasteiger partial charge >= 0.3 is 0 Å². The van der Waals surface area contributed by atoms with Crippen molar-refractivity contribution in [3.63, 3.8) is 0 Å². The minimum Gasteiger partial charge on any atom is -0.481 e. The third kappa shape index (κ3) is 2.86. The second-order valence-corrected chi connectivity index (χ2v) is 3.31. The first-order valence-corrected chi connectivity index (χ1v) is 5.12. The van der Waals surface area contributed by atoms with Crippen molar-refractivity contribution in [2.45, 2.75) is 0 Å². The summed E-state index contributed by atoms with van der Waals surface area (Å²) in [6.07, 6.45) is 6.39. The number of hydrogen-bond donors (Lipinski definition) is 2. The maximum absolute atomic E-state index is 11.8. The van der Waals surface area contributed by atoms with Crippen molar-refractivity contribution < 1.29 is 9.53 Å². The zero-order valence-electron chi connectivity index (χ0n) is 9.38. The summed E-state index contributed by atoms with van der Waals surface area (Å²) in [5.74, 6) is 2.99. The van der Waals surface area contributed by atoms with Crippen LogP contribution in [0.3, 0.4) is 0 Å². The Bertz CT molecular complexity index is 555. The van der Waals surface area contributed by atoms with Gasteiger partial charge in [0.15, 0.2) is 0 Å². The molecule has 0 fully saturated rings. The number of carbonyl (C=O) groups is 1. The number of benzene rings is 1. The zero-order valence-corrected chi connectivity index (χ0v) is 9.38. The van der Waals surface area contributed by atoms with Gasteiger partial charge in [-0.3, -0.25) is 10.1 Å². The monoisotopic (exact) mass is 242 g/mol. The summed E-state index contributed by atoms with van der Waals surface area (Å²) in [6.45, 7) is 0.198. The molecule has 1 amide bonds. The molecule has 2 N–H and O–H groups in total. The number of rotatable bonds is 4. The number of aromatic nitrogens is 3. The van der Waals surface area contributed by atoms with E-state index >= 15 is 0 Å². The van der Waals surface area contributed by atoms with Crippen molar-refractivity contribution in [2.75, 3.05) is 11.9 Å². The highest BCUT2D eigenvalue weighted by molar-refractivity contribution is 6.03. The lowest BCUT2D eigenvalue weighted by Gasteiger charge is -2.04. The molecule has 1 heterocycles. The third-order valence-electron chi connectivity index (χ3n) is 2.09. The van der Waals surface area contributed by atoms with Crippen LogP contribution in [0.25, 0.3) is 0 Å². The van der Waals surface area contributed by atoms with Crippen LogP contribution in [0.1, 0.15) is 10.4 Å². The Morgan fingerprint density at radius 3 is 2.83 bits per heavy atom. The fourth-order valence-corrected chi connectivity index (χ4v) is 1.27.